The fourth-order valence-electron chi connectivity index (χ4n) is 5.10. The summed E-state index contributed by atoms with van der Waals surface area (Å²) in [5.74, 6) is -0.264. The highest BCUT2D eigenvalue weighted by Gasteiger charge is 2.47. The van der Waals surface area contributed by atoms with E-state index in [2.05, 4.69) is 15.4 Å². The van der Waals surface area contributed by atoms with Crippen molar-refractivity contribution in [2.24, 2.45) is 0 Å². The average molecular weight is 506 g/mol. The number of ether oxygens (including phenoxy) is 1. The van der Waals surface area contributed by atoms with Crippen LogP contribution in [0.15, 0.2) is 30.5 Å². The van der Waals surface area contributed by atoms with Gasteiger partial charge in [0.2, 0.25) is 0 Å². The fraction of sp³-hybridized carbons (Fsp3) is 0.500. The van der Waals surface area contributed by atoms with Crippen LogP contribution < -0.4 is 16.0 Å². The van der Waals surface area contributed by atoms with Crippen molar-refractivity contribution in [3.05, 3.63) is 46.7 Å². The number of fused-ring (bicyclic) bond motifs is 1. The Morgan fingerprint density at radius 3 is 2.66 bits per heavy atom. The number of carbonyl (C=O) groups is 1. The number of halogens is 2. The number of rotatable bonds is 5. The monoisotopic (exact) mass is 505 g/mol. The Morgan fingerprint density at radius 1 is 1.26 bits per heavy atom. The molecule has 2 aromatic rings. The number of thiazole rings is 1. The second-order valence-corrected chi connectivity index (χ2v) is 10.5. The third-order valence-corrected chi connectivity index (χ3v) is 7.86. The molecule has 5 rings (SSSR count). The number of nitrogens with one attached hydrogen (secondary N) is 1. The molecule has 0 radical (unpaired) electrons. The van der Waals surface area contributed by atoms with Gasteiger partial charge < -0.3 is 15.4 Å². The molecule has 11 heteroatoms. The summed E-state index contributed by atoms with van der Waals surface area (Å²) in [6, 6.07) is 4.34. The van der Waals surface area contributed by atoms with E-state index in [0.717, 1.165) is 4.88 Å². The molecule has 4 heterocycles. The molecule has 35 heavy (non-hydrogen) atoms. The second-order valence-electron chi connectivity index (χ2n) is 9.37. The van der Waals surface area contributed by atoms with E-state index in [1.807, 2.05) is 6.08 Å². The highest BCUT2D eigenvalue weighted by atomic mass is 32.1. The van der Waals surface area contributed by atoms with Gasteiger partial charge in [0.25, 0.3) is 5.91 Å². The van der Waals surface area contributed by atoms with E-state index in [1.165, 1.54) is 30.6 Å². The minimum atomic E-state index is -1.86. The minimum absolute atomic E-state index is 0.166. The van der Waals surface area contributed by atoms with Crippen molar-refractivity contribution in [3.63, 3.8) is 0 Å². The van der Waals surface area contributed by atoms with Gasteiger partial charge in [-0.3, -0.25) is 20.0 Å². The van der Waals surface area contributed by atoms with Gasteiger partial charge in [0.15, 0.2) is 10.8 Å². The van der Waals surface area contributed by atoms with E-state index in [1.54, 1.807) is 17.2 Å². The molecular formula is C24H29F2N5O3S. The summed E-state index contributed by atoms with van der Waals surface area (Å²) >= 11 is 1.43. The maximum atomic E-state index is 15.7. The normalized spacial score (nSPS) is 21.2. The first kappa shape index (κ1) is 24.0. The zero-order valence-electron chi connectivity index (χ0n) is 19.6. The molecule has 3 aliphatic rings. The Kier molecular flexibility index (Phi) is 6.41. The van der Waals surface area contributed by atoms with Crippen molar-refractivity contribution in [1.82, 2.24) is 20.3 Å². The molecule has 8 nitrogen and oxygen atoms in total. The highest BCUT2D eigenvalue weighted by Crippen LogP contribution is 2.41. The van der Waals surface area contributed by atoms with Crippen LogP contribution >= 0.6 is 11.3 Å². The zero-order valence-corrected chi connectivity index (χ0v) is 20.4. The van der Waals surface area contributed by atoms with Crippen molar-refractivity contribution in [3.8, 4) is 5.75 Å². The number of benzene rings is 1. The van der Waals surface area contributed by atoms with Gasteiger partial charge in [0, 0.05) is 75.0 Å². The lowest BCUT2D eigenvalue weighted by Crippen LogP contribution is -2.56. The summed E-state index contributed by atoms with van der Waals surface area (Å²) in [5.41, 5.74) is 7.17. The number of hydroxylamine groups is 1. The largest absolute Gasteiger partial charge is 0.482 e. The molecular weight excluding hydrogens is 476 g/mol. The molecule has 188 valence electrons. The molecule has 1 amide bonds. The molecule has 2 fully saturated rings. The standard InChI is InChI=1S/C24H29F2N5O3S/c1-33-29-19-13-23(34-20-3-2-16(25)12-18(19)20)4-10-31(11-5-23)21(32)24(26)6-8-30(9-7-24)15-17-14-28-22(27)35-17/h2-3,12-14,29H,4-11,15H2,1H3,(H2,27,28). The van der Waals surface area contributed by atoms with Crippen LogP contribution in [0.25, 0.3) is 5.70 Å². The molecule has 1 aromatic heterocycles. The van der Waals surface area contributed by atoms with Crippen molar-refractivity contribution in [2.75, 3.05) is 39.0 Å². The van der Waals surface area contributed by atoms with Crippen molar-refractivity contribution in [1.29, 1.82) is 0 Å². The molecule has 0 bridgehead atoms. The predicted molar refractivity (Wildman–Crippen MR) is 129 cm³/mol. The van der Waals surface area contributed by atoms with Gasteiger partial charge in [-0.15, -0.1) is 11.3 Å². The summed E-state index contributed by atoms with van der Waals surface area (Å²) in [4.78, 5) is 27.1. The van der Waals surface area contributed by atoms with Crippen LogP contribution in [0, 0.1) is 5.82 Å². The molecule has 0 atom stereocenters. The first-order chi connectivity index (χ1) is 16.8. The van der Waals surface area contributed by atoms with Crippen LogP contribution in [0.3, 0.4) is 0 Å². The summed E-state index contributed by atoms with van der Waals surface area (Å²) in [5, 5.41) is 0.521. The van der Waals surface area contributed by atoms with E-state index >= 15 is 4.39 Å². The van der Waals surface area contributed by atoms with Crippen LogP contribution in [-0.2, 0) is 16.2 Å². The zero-order chi connectivity index (χ0) is 24.6. The number of nitrogens with zero attached hydrogens (tertiary/aromatic N) is 3. The molecule has 1 spiro atoms. The van der Waals surface area contributed by atoms with Crippen LogP contribution in [-0.4, -0.2) is 65.2 Å². The maximum absolute atomic E-state index is 15.7. The number of nitrogens with two attached hydrogens (primary N) is 1. The number of piperidine rings is 2. The molecule has 0 saturated carbocycles. The molecule has 2 saturated heterocycles. The summed E-state index contributed by atoms with van der Waals surface area (Å²) in [6.45, 7) is 2.42. The Bertz CT molecular complexity index is 1120. The van der Waals surface area contributed by atoms with Gasteiger partial charge in [0.1, 0.15) is 17.2 Å². The van der Waals surface area contributed by atoms with E-state index in [9.17, 15) is 9.18 Å². The fourth-order valence-corrected chi connectivity index (χ4v) is 5.83. The quantitative estimate of drug-likeness (QED) is 0.604. The van der Waals surface area contributed by atoms with Gasteiger partial charge in [0.05, 0.1) is 12.8 Å². The Labute approximate surface area is 206 Å². The summed E-state index contributed by atoms with van der Waals surface area (Å²) in [6.07, 6.45) is 4.96. The van der Waals surface area contributed by atoms with Gasteiger partial charge in [-0.25, -0.2) is 13.8 Å². The molecule has 3 N–H and O–H groups in total. The highest BCUT2D eigenvalue weighted by molar-refractivity contribution is 7.15. The number of anilines is 1. The summed E-state index contributed by atoms with van der Waals surface area (Å²) < 4.78 is 35.8. The van der Waals surface area contributed by atoms with Crippen molar-refractivity contribution in [2.45, 2.75) is 43.5 Å². The van der Waals surface area contributed by atoms with Crippen LogP contribution in [0.5, 0.6) is 5.75 Å². The topological polar surface area (TPSA) is 93.0 Å². The SMILES string of the molecule is CONC1=CC2(CCN(C(=O)C3(F)CCN(Cc4cnc(N)s4)CC3)CC2)Oc2ccc(F)cc21. The van der Waals surface area contributed by atoms with E-state index in [-0.39, 0.29) is 18.7 Å². The van der Waals surface area contributed by atoms with Gasteiger partial charge >= 0.3 is 0 Å². The van der Waals surface area contributed by atoms with Crippen molar-refractivity contribution >= 4 is 28.1 Å². The second kappa shape index (κ2) is 9.36. The molecule has 1 aromatic carbocycles. The summed E-state index contributed by atoms with van der Waals surface area (Å²) in [7, 11) is 1.49. The number of hydrogen-bond acceptors (Lipinski definition) is 8. The van der Waals surface area contributed by atoms with Gasteiger partial charge in [-0.1, -0.05) is 0 Å². The lowest BCUT2D eigenvalue weighted by molar-refractivity contribution is -0.150. The van der Waals surface area contributed by atoms with E-state index in [0.29, 0.717) is 67.7 Å². The minimum Gasteiger partial charge on any atom is -0.482 e. The van der Waals surface area contributed by atoms with Gasteiger partial charge in [-0.05, 0) is 24.3 Å². The molecule has 3 aliphatic heterocycles. The van der Waals surface area contributed by atoms with E-state index in [4.69, 9.17) is 15.3 Å². The first-order valence-electron chi connectivity index (χ1n) is 11.7. The lowest BCUT2D eigenvalue weighted by atomic mass is 9.85. The third-order valence-electron chi connectivity index (χ3n) is 7.04. The van der Waals surface area contributed by atoms with Gasteiger partial charge in [-0.2, -0.15) is 0 Å². The Hall–Kier alpha value is -2.76. The average Bonchev–Trinajstić information content (AvgIpc) is 3.26. The Morgan fingerprint density at radius 2 is 2.00 bits per heavy atom. The van der Waals surface area contributed by atoms with Crippen LogP contribution in [0.4, 0.5) is 13.9 Å². The molecule has 0 aliphatic carbocycles. The number of aromatic nitrogens is 1. The third kappa shape index (κ3) is 4.85. The number of amides is 1. The molecule has 0 unspecified atom stereocenters. The lowest BCUT2D eigenvalue weighted by Gasteiger charge is -2.45. The number of nitrogen functional groups attached to an aromatic ring is 1. The number of hydrogen-bond donors (Lipinski definition) is 2. The first-order valence-corrected chi connectivity index (χ1v) is 12.5. The van der Waals surface area contributed by atoms with Crippen molar-refractivity contribution < 1.29 is 23.1 Å². The Balaban J connectivity index is 1.21. The number of carbonyl (C=O) groups excluding carboxylic acids is 1. The van der Waals surface area contributed by atoms with Crippen LogP contribution in [0.2, 0.25) is 0 Å². The number of likely N-dealkylation sites (tertiary alicyclic amines) is 2. The predicted octanol–water partition coefficient (Wildman–Crippen LogP) is 3.11. The van der Waals surface area contributed by atoms with Crippen LogP contribution in [0.1, 0.15) is 36.1 Å². The number of alkyl halides is 1. The smallest absolute Gasteiger partial charge is 0.260 e. The van der Waals surface area contributed by atoms with E-state index < -0.39 is 17.2 Å². The maximum Gasteiger partial charge on any atom is 0.260 e.